The summed E-state index contributed by atoms with van der Waals surface area (Å²) in [5.74, 6) is -1.74. The summed E-state index contributed by atoms with van der Waals surface area (Å²) in [7, 11) is 0. The van der Waals surface area contributed by atoms with Crippen LogP contribution in [0.25, 0.3) is 11.0 Å². The number of carboxylic acids is 1. The van der Waals surface area contributed by atoms with E-state index in [0.717, 1.165) is 0 Å². The summed E-state index contributed by atoms with van der Waals surface area (Å²) in [6.07, 6.45) is 2.01. The van der Waals surface area contributed by atoms with Crippen molar-refractivity contribution in [2.45, 2.75) is 26.3 Å². The molecule has 0 bridgehead atoms. The quantitative estimate of drug-likeness (QED) is 0.875. The van der Waals surface area contributed by atoms with Gasteiger partial charge < -0.3 is 10.4 Å². The molecular weight excluding hydrogens is 270 g/mol. The minimum atomic E-state index is -1.05. The highest BCUT2D eigenvalue weighted by Gasteiger charge is 2.26. The molecule has 0 saturated carbocycles. The number of hydrogen-bond donors (Lipinski definition) is 2. The number of carbonyl (C=O) groups excluding carboxylic acids is 1. The molecular formula is C15H17N3O3. The van der Waals surface area contributed by atoms with Gasteiger partial charge in [-0.15, -0.1) is 0 Å². The van der Waals surface area contributed by atoms with Crippen LogP contribution >= 0.6 is 0 Å². The van der Waals surface area contributed by atoms with E-state index in [9.17, 15) is 14.7 Å². The van der Waals surface area contributed by atoms with Gasteiger partial charge in [0.25, 0.3) is 5.91 Å². The summed E-state index contributed by atoms with van der Waals surface area (Å²) in [4.78, 5) is 31.7. The number of carboxylic acid groups (broad SMARTS) is 1. The highest BCUT2D eigenvalue weighted by Crippen LogP contribution is 2.11. The van der Waals surface area contributed by atoms with Gasteiger partial charge in [-0.25, -0.2) is 9.78 Å². The molecule has 0 saturated heterocycles. The van der Waals surface area contributed by atoms with Gasteiger partial charge in [0.05, 0.1) is 17.2 Å². The van der Waals surface area contributed by atoms with Crippen molar-refractivity contribution >= 4 is 22.9 Å². The third-order valence-electron chi connectivity index (χ3n) is 3.45. The molecule has 110 valence electrons. The first-order chi connectivity index (χ1) is 10.0. The van der Waals surface area contributed by atoms with Gasteiger partial charge in [-0.2, -0.15) is 0 Å². The third kappa shape index (κ3) is 3.34. The van der Waals surface area contributed by atoms with Crippen LogP contribution in [0, 0.1) is 5.92 Å². The molecule has 0 radical (unpaired) electrons. The van der Waals surface area contributed by atoms with E-state index < -0.39 is 17.9 Å². The van der Waals surface area contributed by atoms with Crippen LogP contribution in [0.15, 0.2) is 30.5 Å². The van der Waals surface area contributed by atoms with Gasteiger partial charge in [-0.3, -0.25) is 9.78 Å². The second kappa shape index (κ2) is 6.30. The van der Waals surface area contributed by atoms with E-state index in [2.05, 4.69) is 15.3 Å². The molecule has 0 aliphatic heterocycles. The van der Waals surface area contributed by atoms with Crippen molar-refractivity contribution < 1.29 is 14.7 Å². The molecule has 1 aromatic carbocycles. The molecule has 2 N–H and O–H groups in total. The standard InChI is InChI=1S/C15H17N3O3/c1-3-9(2)13(15(20)21)18-14(19)12-8-16-10-6-4-5-7-11(10)17-12/h4-9,13H,3H2,1-2H3,(H,18,19)(H,20,21)/t9-,13-/m0/s1. The Balaban J connectivity index is 2.23. The lowest BCUT2D eigenvalue weighted by Crippen LogP contribution is -2.45. The molecule has 0 unspecified atom stereocenters. The molecule has 0 aliphatic carbocycles. The van der Waals surface area contributed by atoms with E-state index >= 15 is 0 Å². The van der Waals surface area contributed by atoms with Crippen LogP contribution in [0.1, 0.15) is 30.8 Å². The maximum absolute atomic E-state index is 12.1. The van der Waals surface area contributed by atoms with Gasteiger partial charge >= 0.3 is 5.97 Å². The molecule has 2 rings (SSSR count). The van der Waals surface area contributed by atoms with Gasteiger partial charge in [0, 0.05) is 0 Å². The van der Waals surface area contributed by atoms with Crippen molar-refractivity contribution in [3.05, 3.63) is 36.2 Å². The number of benzene rings is 1. The van der Waals surface area contributed by atoms with Gasteiger partial charge in [-0.1, -0.05) is 32.4 Å². The number of aromatic nitrogens is 2. The average Bonchev–Trinajstić information content (AvgIpc) is 2.50. The van der Waals surface area contributed by atoms with Crippen LogP contribution < -0.4 is 5.32 Å². The van der Waals surface area contributed by atoms with Crippen molar-refractivity contribution in [1.82, 2.24) is 15.3 Å². The Labute approximate surface area is 122 Å². The number of carbonyl (C=O) groups is 2. The van der Waals surface area contributed by atoms with Crippen molar-refractivity contribution in [1.29, 1.82) is 0 Å². The molecule has 21 heavy (non-hydrogen) atoms. The lowest BCUT2D eigenvalue weighted by molar-refractivity contribution is -0.140. The summed E-state index contributed by atoms with van der Waals surface area (Å²) >= 11 is 0. The summed E-state index contributed by atoms with van der Waals surface area (Å²) in [6, 6.07) is 6.25. The number of hydrogen-bond acceptors (Lipinski definition) is 4. The van der Waals surface area contributed by atoms with Crippen LogP contribution in [0.4, 0.5) is 0 Å². The second-order valence-corrected chi connectivity index (χ2v) is 4.92. The Morgan fingerprint density at radius 1 is 1.29 bits per heavy atom. The maximum Gasteiger partial charge on any atom is 0.326 e. The van der Waals surface area contributed by atoms with Gasteiger partial charge in [0.1, 0.15) is 11.7 Å². The van der Waals surface area contributed by atoms with Crippen LogP contribution in [0.5, 0.6) is 0 Å². The zero-order chi connectivity index (χ0) is 15.4. The van der Waals surface area contributed by atoms with Gasteiger partial charge in [0.15, 0.2) is 0 Å². The predicted molar refractivity (Wildman–Crippen MR) is 77.9 cm³/mol. The molecule has 1 amide bonds. The number of fused-ring (bicyclic) bond motifs is 1. The first-order valence-corrected chi connectivity index (χ1v) is 6.78. The molecule has 6 heteroatoms. The van der Waals surface area contributed by atoms with E-state index in [4.69, 9.17) is 0 Å². The van der Waals surface area contributed by atoms with Gasteiger partial charge in [0.2, 0.25) is 0 Å². The van der Waals surface area contributed by atoms with Crippen molar-refractivity contribution in [2.75, 3.05) is 0 Å². The molecule has 1 heterocycles. The SMILES string of the molecule is CC[C@H](C)[C@H](NC(=O)c1cnc2ccccc2n1)C(=O)O. The van der Waals surface area contributed by atoms with E-state index in [-0.39, 0.29) is 11.6 Å². The molecule has 0 spiro atoms. The van der Waals surface area contributed by atoms with Crippen LogP contribution in [-0.4, -0.2) is 33.0 Å². The van der Waals surface area contributed by atoms with Crippen molar-refractivity contribution in [3.8, 4) is 0 Å². The number of amides is 1. The lowest BCUT2D eigenvalue weighted by Gasteiger charge is -2.19. The van der Waals surface area contributed by atoms with E-state index in [1.807, 2.05) is 13.0 Å². The van der Waals surface area contributed by atoms with Gasteiger partial charge in [-0.05, 0) is 18.1 Å². The molecule has 2 atom stereocenters. The molecule has 2 aromatic rings. The Bertz CT molecular complexity index is 672. The molecule has 1 aromatic heterocycles. The summed E-state index contributed by atoms with van der Waals surface area (Å²) in [5.41, 5.74) is 1.40. The van der Waals surface area contributed by atoms with Crippen molar-refractivity contribution in [3.63, 3.8) is 0 Å². The first-order valence-electron chi connectivity index (χ1n) is 6.78. The zero-order valence-corrected chi connectivity index (χ0v) is 11.9. The molecule has 0 aliphatic rings. The number of para-hydroxylation sites is 2. The van der Waals surface area contributed by atoms with E-state index in [1.54, 1.807) is 25.1 Å². The average molecular weight is 287 g/mol. The Kier molecular flexibility index (Phi) is 4.47. The molecule has 6 nitrogen and oxygen atoms in total. The Hall–Kier alpha value is -2.50. The largest absolute Gasteiger partial charge is 0.480 e. The maximum atomic E-state index is 12.1. The summed E-state index contributed by atoms with van der Waals surface area (Å²) in [5, 5.41) is 11.7. The van der Waals surface area contributed by atoms with E-state index in [1.165, 1.54) is 6.20 Å². The van der Waals surface area contributed by atoms with Crippen LogP contribution in [-0.2, 0) is 4.79 Å². The number of nitrogens with zero attached hydrogens (tertiary/aromatic N) is 2. The fourth-order valence-corrected chi connectivity index (χ4v) is 1.96. The van der Waals surface area contributed by atoms with E-state index in [0.29, 0.717) is 17.5 Å². The zero-order valence-electron chi connectivity index (χ0n) is 11.9. The second-order valence-electron chi connectivity index (χ2n) is 4.92. The van der Waals surface area contributed by atoms with Crippen LogP contribution in [0.3, 0.4) is 0 Å². The number of aliphatic carboxylic acids is 1. The smallest absolute Gasteiger partial charge is 0.326 e. The summed E-state index contributed by atoms with van der Waals surface area (Å²) < 4.78 is 0. The minimum absolute atomic E-state index is 0.114. The highest BCUT2D eigenvalue weighted by molar-refractivity contribution is 5.96. The number of nitrogens with one attached hydrogen (secondary N) is 1. The lowest BCUT2D eigenvalue weighted by atomic mass is 9.99. The highest BCUT2D eigenvalue weighted by atomic mass is 16.4. The Morgan fingerprint density at radius 2 is 1.95 bits per heavy atom. The van der Waals surface area contributed by atoms with Crippen LogP contribution in [0.2, 0.25) is 0 Å². The van der Waals surface area contributed by atoms with Crippen molar-refractivity contribution in [2.24, 2.45) is 5.92 Å². The normalized spacial score (nSPS) is 13.6. The molecule has 0 fully saturated rings. The summed E-state index contributed by atoms with van der Waals surface area (Å²) in [6.45, 7) is 3.66. The fraction of sp³-hybridized carbons (Fsp3) is 0.333. The minimum Gasteiger partial charge on any atom is -0.480 e. The third-order valence-corrected chi connectivity index (χ3v) is 3.45. The Morgan fingerprint density at radius 3 is 2.57 bits per heavy atom. The predicted octanol–water partition coefficient (Wildman–Crippen LogP) is 1.86. The topological polar surface area (TPSA) is 92.2 Å². The fourth-order valence-electron chi connectivity index (χ4n) is 1.96. The number of rotatable bonds is 5. The first kappa shape index (κ1) is 14.9. The monoisotopic (exact) mass is 287 g/mol.